The Morgan fingerprint density at radius 1 is 1.64 bits per heavy atom. The van der Waals surface area contributed by atoms with E-state index in [4.69, 9.17) is 19.3 Å². The minimum absolute atomic E-state index is 0.208. The third-order valence-corrected chi connectivity index (χ3v) is 1.62. The molecule has 0 spiro atoms. The van der Waals surface area contributed by atoms with Crippen LogP contribution in [0.15, 0.2) is 12.2 Å². The van der Waals surface area contributed by atoms with Crippen molar-refractivity contribution < 1.29 is 19.3 Å². The van der Waals surface area contributed by atoms with Gasteiger partial charge in [-0.05, 0) is 12.2 Å². The van der Waals surface area contributed by atoms with Crippen molar-refractivity contribution in [1.82, 2.24) is 0 Å². The Morgan fingerprint density at radius 3 is 2.64 bits per heavy atom. The van der Waals surface area contributed by atoms with Crippen molar-refractivity contribution in [3.63, 3.8) is 0 Å². The molecule has 1 heterocycles. The average molecular weight is 160 g/mol. The first-order valence-electron chi connectivity index (χ1n) is 3.32. The van der Waals surface area contributed by atoms with Gasteiger partial charge in [-0.3, -0.25) is 0 Å². The molecule has 1 N–H and O–H groups in total. The molecule has 1 rings (SSSR count). The molecule has 0 saturated carbocycles. The summed E-state index contributed by atoms with van der Waals surface area (Å²) in [5, 5.41) is 8.87. The minimum atomic E-state index is -0.999. The highest BCUT2D eigenvalue weighted by atomic mass is 16.8. The fourth-order valence-corrected chi connectivity index (χ4v) is 0.898. The molecule has 1 aliphatic rings. The van der Waals surface area contributed by atoms with Gasteiger partial charge in [0.2, 0.25) is 5.79 Å². The van der Waals surface area contributed by atoms with E-state index in [0.29, 0.717) is 0 Å². The molecule has 0 aromatic rings. The van der Waals surface area contributed by atoms with Crippen molar-refractivity contribution in [2.24, 2.45) is 0 Å². The Bertz CT molecular complexity index is 151. The van der Waals surface area contributed by atoms with E-state index in [1.807, 2.05) is 0 Å². The van der Waals surface area contributed by atoms with Gasteiger partial charge in [0.15, 0.2) is 6.29 Å². The summed E-state index contributed by atoms with van der Waals surface area (Å²) in [5.41, 5.74) is 0. The van der Waals surface area contributed by atoms with Crippen molar-refractivity contribution >= 4 is 0 Å². The van der Waals surface area contributed by atoms with Gasteiger partial charge in [0.05, 0.1) is 0 Å². The Labute approximate surface area is 65.4 Å². The van der Waals surface area contributed by atoms with Gasteiger partial charge in [0.1, 0.15) is 6.61 Å². The molecule has 2 atom stereocenters. The van der Waals surface area contributed by atoms with Crippen LogP contribution in [0.5, 0.6) is 0 Å². The summed E-state index contributed by atoms with van der Waals surface area (Å²) in [5.74, 6) is -0.999. The summed E-state index contributed by atoms with van der Waals surface area (Å²) in [7, 11) is 3.00. The van der Waals surface area contributed by atoms with Crippen molar-refractivity contribution in [2.75, 3.05) is 20.8 Å². The van der Waals surface area contributed by atoms with Gasteiger partial charge >= 0.3 is 0 Å². The maximum atomic E-state index is 8.87. The van der Waals surface area contributed by atoms with Gasteiger partial charge in [0.25, 0.3) is 0 Å². The Kier molecular flexibility index (Phi) is 2.62. The van der Waals surface area contributed by atoms with Gasteiger partial charge in [-0.1, -0.05) is 0 Å². The highest BCUT2D eigenvalue weighted by Gasteiger charge is 2.34. The van der Waals surface area contributed by atoms with E-state index in [1.54, 1.807) is 12.2 Å². The summed E-state index contributed by atoms with van der Waals surface area (Å²) in [6, 6.07) is 0. The molecule has 4 nitrogen and oxygen atoms in total. The maximum Gasteiger partial charge on any atom is 0.214 e. The minimum Gasteiger partial charge on any atom is -0.390 e. The highest BCUT2D eigenvalue weighted by molar-refractivity contribution is 5.04. The zero-order valence-electron chi connectivity index (χ0n) is 6.61. The van der Waals surface area contributed by atoms with Crippen LogP contribution in [0.4, 0.5) is 0 Å². The summed E-state index contributed by atoms with van der Waals surface area (Å²) in [4.78, 5) is 0. The van der Waals surface area contributed by atoms with Crippen LogP contribution in [-0.4, -0.2) is 38.0 Å². The van der Waals surface area contributed by atoms with Crippen LogP contribution in [-0.2, 0) is 14.2 Å². The monoisotopic (exact) mass is 160 g/mol. The number of ether oxygens (including phenoxy) is 3. The Hall–Kier alpha value is -0.420. The summed E-state index contributed by atoms with van der Waals surface area (Å²) >= 11 is 0. The SMILES string of the molecule is CO[C@@H]1C=C[C@](CO)(OC)O1. The van der Waals surface area contributed by atoms with Crippen LogP contribution in [0.1, 0.15) is 0 Å². The molecule has 0 radical (unpaired) electrons. The summed E-state index contributed by atoms with van der Waals surface area (Å²) in [6.07, 6.45) is 2.92. The molecule has 0 aromatic carbocycles. The second kappa shape index (κ2) is 3.32. The van der Waals surface area contributed by atoms with Gasteiger partial charge in [-0.15, -0.1) is 0 Å². The molecule has 4 heteroatoms. The number of methoxy groups -OCH3 is 2. The number of aliphatic hydroxyl groups excluding tert-OH is 1. The second-order valence-electron chi connectivity index (χ2n) is 2.26. The lowest BCUT2D eigenvalue weighted by atomic mass is 10.3. The normalized spacial score (nSPS) is 36.5. The molecule has 0 bridgehead atoms. The Morgan fingerprint density at radius 2 is 2.36 bits per heavy atom. The number of hydrogen-bond acceptors (Lipinski definition) is 4. The highest BCUT2D eigenvalue weighted by Crippen LogP contribution is 2.23. The number of rotatable bonds is 3. The molecular weight excluding hydrogens is 148 g/mol. The largest absolute Gasteiger partial charge is 0.390 e. The van der Waals surface area contributed by atoms with Gasteiger partial charge in [-0.25, -0.2) is 0 Å². The van der Waals surface area contributed by atoms with Crippen molar-refractivity contribution in [1.29, 1.82) is 0 Å². The second-order valence-corrected chi connectivity index (χ2v) is 2.26. The summed E-state index contributed by atoms with van der Waals surface area (Å²) < 4.78 is 15.0. The molecule has 64 valence electrons. The molecular formula is C7H12O4. The van der Waals surface area contributed by atoms with E-state index >= 15 is 0 Å². The van der Waals surface area contributed by atoms with Crippen molar-refractivity contribution in [2.45, 2.75) is 12.1 Å². The molecule has 1 aliphatic heterocycles. The van der Waals surface area contributed by atoms with Crippen LogP contribution in [0.3, 0.4) is 0 Å². The molecule has 0 aromatic heterocycles. The molecule has 11 heavy (non-hydrogen) atoms. The molecule has 0 amide bonds. The third kappa shape index (κ3) is 1.59. The fraction of sp³-hybridized carbons (Fsp3) is 0.714. The van der Waals surface area contributed by atoms with Crippen LogP contribution in [0.2, 0.25) is 0 Å². The first kappa shape index (κ1) is 8.67. The van der Waals surface area contributed by atoms with Gasteiger partial charge in [-0.2, -0.15) is 0 Å². The lowest BCUT2D eigenvalue weighted by molar-refractivity contribution is -0.255. The first-order valence-corrected chi connectivity index (χ1v) is 3.32. The van der Waals surface area contributed by atoms with E-state index in [2.05, 4.69) is 0 Å². The lowest BCUT2D eigenvalue weighted by Gasteiger charge is -2.24. The molecule has 0 aliphatic carbocycles. The van der Waals surface area contributed by atoms with Crippen molar-refractivity contribution in [3.8, 4) is 0 Å². The fourth-order valence-electron chi connectivity index (χ4n) is 0.898. The summed E-state index contributed by atoms with van der Waals surface area (Å²) in [6.45, 7) is -0.208. The maximum absolute atomic E-state index is 8.87. The van der Waals surface area contributed by atoms with Crippen molar-refractivity contribution in [3.05, 3.63) is 12.2 Å². The zero-order valence-corrected chi connectivity index (χ0v) is 6.61. The predicted octanol–water partition coefficient (Wildman–Crippen LogP) is -0.120. The number of hydrogen-bond donors (Lipinski definition) is 1. The smallest absolute Gasteiger partial charge is 0.214 e. The van der Waals surface area contributed by atoms with E-state index in [-0.39, 0.29) is 6.61 Å². The van der Waals surface area contributed by atoms with E-state index in [1.165, 1.54) is 14.2 Å². The predicted molar refractivity (Wildman–Crippen MR) is 37.8 cm³/mol. The van der Waals surface area contributed by atoms with Gasteiger partial charge < -0.3 is 19.3 Å². The first-order chi connectivity index (χ1) is 5.26. The molecule has 0 saturated heterocycles. The van der Waals surface area contributed by atoms with Gasteiger partial charge in [0, 0.05) is 14.2 Å². The number of aliphatic hydroxyl groups is 1. The third-order valence-electron chi connectivity index (χ3n) is 1.62. The van der Waals surface area contributed by atoms with Crippen LogP contribution < -0.4 is 0 Å². The van der Waals surface area contributed by atoms with Crippen LogP contribution >= 0.6 is 0 Å². The van der Waals surface area contributed by atoms with E-state index in [0.717, 1.165) is 0 Å². The van der Waals surface area contributed by atoms with E-state index < -0.39 is 12.1 Å². The molecule has 0 unspecified atom stereocenters. The molecule has 0 fully saturated rings. The quantitative estimate of drug-likeness (QED) is 0.585. The van der Waals surface area contributed by atoms with Crippen LogP contribution in [0.25, 0.3) is 0 Å². The average Bonchev–Trinajstić information content (AvgIpc) is 2.49. The lowest BCUT2D eigenvalue weighted by Crippen LogP contribution is -2.36. The standard InChI is InChI=1S/C7H12O4/c1-9-6-3-4-7(5-8,10-2)11-6/h3-4,6,8H,5H2,1-2H3/t6-,7-/m0/s1. The zero-order chi connectivity index (χ0) is 8.32. The van der Waals surface area contributed by atoms with Crippen LogP contribution in [0, 0.1) is 0 Å². The topological polar surface area (TPSA) is 47.9 Å². The van der Waals surface area contributed by atoms with E-state index in [9.17, 15) is 0 Å². The Balaban J connectivity index is 2.57.